The van der Waals surface area contributed by atoms with Gasteiger partial charge >= 0.3 is 35.4 Å². The molecule has 0 unspecified atom stereocenters. The van der Waals surface area contributed by atoms with Gasteiger partial charge in [-0.2, -0.15) is 9.97 Å². The first-order chi connectivity index (χ1) is 65.8. The lowest BCUT2D eigenvalue weighted by molar-refractivity contribution is 0.201. The molecular weight excluding hydrogens is 1730 g/mol. The molecule has 12 aromatic rings. The summed E-state index contributed by atoms with van der Waals surface area (Å²) >= 11 is 0. The molecule has 0 spiro atoms. The molecule has 136 heavy (non-hydrogen) atoms. The summed E-state index contributed by atoms with van der Waals surface area (Å²) in [6.07, 6.45) is 11.3. The predicted octanol–water partition coefficient (Wildman–Crippen LogP) is 14.5. The average molecular weight is 1830 g/mol. The van der Waals surface area contributed by atoms with E-state index in [1.807, 2.05) is 161 Å². The van der Waals surface area contributed by atoms with Crippen LogP contribution >= 0.6 is 0 Å². The Balaban J connectivity index is 0.000000145. The molecule has 692 valence electrons. The minimum absolute atomic E-state index is 0. The van der Waals surface area contributed by atoms with Crippen LogP contribution in [-0.2, 0) is 62.9 Å². The van der Waals surface area contributed by atoms with Gasteiger partial charge in [-0.25, -0.2) is 24.4 Å². The highest BCUT2D eigenvalue weighted by Gasteiger charge is 2.33. The second-order valence-corrected chi connectivity index (χ2v) is 31.7. The molecule has 11 N–H and O–H groups in total. The van der Waals surface area contributed by atoms with E-state index in [1.165, 1.54) is 18.3 Å². The molecule has 2 aliphatic carbocycles. The second kappa shape index (κ2) is 51.1. The van der Waals surface area contributed by atoms with Crippen LogP contribution in [0.5, 0.6) is 86.9 Å². The molecule has 30 nitrogen and oxygen atoms in total. The molecule has 3 fully saturated rings. The van der Waals surface area contributed by atoms with Crippen LogP contribution in [0, 0.1) is 26.3 Å². The lowest BCUT2D eigenvalue weighted by Gasteiger charge is -2.19. The number of benzene rings is 9. The molecular formula is C100H104B6N10O20. The summed E-state index contributed by atoms with van der Waals surface area (Å²) in [4.78, 5) is 29.2. The summed E-state index contributed by atoms with van der Waals surface area (Å²) < 4.78 is 78.2. The monoisotopic (exact) mass is 1830 g/mol. The third-order valence-electron chi connectivity index (χ3n) is 22.0. The van der Waals surface area contributed by atoms with E-state index in [9.17, 15) is 25.2 Å². The number of hydrogen-bond acceptors (Lipinski definition) is 25. The summed E-state index contributed by atoms with van der Waals surface area (Å²) in [6, 6.07) is 67.5. The number of pyridine rings is 3. The summed E-state index contributed by atoms with van der Waals surface area (Å²) in [6.45, 7) is 42.7. The molecule has 36 heteroatoms. The summed E-state index contributed by atoms with van der Waals surface area (Å²) in [5.41, 5.74) is 21.9. The zero-order valence-corrected chi connectivity index (χ0v) is 76.0. The van der Waals surface area contributed by atoms with Crippen molar-refractivity contribution < 1.29 is 96.6 Å². The highest BCUT2D eigenvalue weighted by Crippen LogP contribution is 2.40. The van der Waals surface area contributed by atoms with E-state index >= 15 is 0 Å². The van der Waals surface area contributed by atoms with Crippen LogP contribution in [0.2, 0.25) is 6.82 Å². The molecule has 6 aliphatic heterocycles. The zero-order chi connectivity index (χ0) is 95.0. The average Bonchev–Trinajstić information content (AvgIpc) is 1.38. The molecule has 1 saturated heterocycles. The van der Waals surface area contributed by atoms with Gasteiger partial charge in [0.2, 0.25) is 52.1 Å². The number of aliphatic hydroxyl groups is 1. The number of anilines is 1. The van der Waals surface area contributed by atoms with Gasteiger partial charge in [-0.05, 0) is 291 Å². The number of nitrogens with two attached hydrogens (primary N) is 2. The van der Waals surface area contributed by atoms with E-state index in [1.54, 1.807) is 91.0 Å². The van der Waals surface area contributed by atoms with Crippen molar-refractivity contribution in [1.82, 2.24) is 15.0 Å². The van der Waals surface area contributed by atoms with Crippen LogP contribution in [0.25, 0.3) is 19.4 Å². The number of rotatable bonds is 20. The van der Waals surface area contributed by atoms with Gasteiger partial charge in [0.15, 0.2) is 0 Å². The van der Waals surface area contributed by atoms with Gasteiger partial charge in [0.25, 0.3) is 0 Å². The fourth-order valence-corrected chi connectivity index (χ4v) is 15.3. The molecule has 0 bridgehead atoms. The number of fused-ring (bicyclic) bond motifs is 5. The SMILES string of the molecule is CCN.CCN.O.OB1OCc2cc(Oc3ccccc3)ccc21.OB1OCc2ccc(Oc3ccccc3)cc21.[B]c1ccc(Oc2ccc([N+]#[C-])c(N3CCCC3)n2)cc1CO.[C-]#[N+]c1ccc(Oc2ccc3c(c2)COB3C)nc1OCC.[C-]#[N+]c1ccc(Oc2ccc3c(c2)COB3O)cc1OC1CCCC1.[C-]#[N+]c1ccc(Oc2ccc3c(c2)COB3O)nc1OC1CCCC1. The Morgan fingerprint density at radius 1 is 0.397 bits per heavy atom. The maximum Gasteiger partial charge on any atom is 0.491 e. The smallest absolute Gasteiger partial charge is 0.491 e. The number of nitrogens with zero attached hydrogens (tertiary/aromatic N) is 8. The van der Waals surface area contributed by atoms with Crippen molar-refractivity contribution in [2.45, 2.75) is 144 Å². The molecule has 2 saturated carbocycles. The molecule has 8 aliphatic rings. The third kappa shape index (κ3) is 28.0. The lowest BCUT2D eigenvalue weighted by atomic mass is 9.64. The Hall–Kier alpha value is -13.7. The zero-order valence-electron chi connectivity index (χ0n) is 76.0. The maximum absolute atomic E-state index is 9.68. The first kappa shape index (κ1) is 101. The molecule has 20 rings (SSSR count). The maximum atomic E-state index is 9.68. The standard InChI is InChI=1S/C19H18BNO4.C18H17BN2O4.C17H16BN3O2.C16H15BN2O3.2C13H11BO3.2C2H7N.H2O/c1-21-18-9-7-16(11-19(18)25-14-4-2-3-5-14)24-15-6-8-17-13(10-15)12-23-20(17)22;1-20-16-8-9-17(21-18(16)25-13-4-2-3-5-13)24-14-6-7-15-12(10-14)11-23-19(15)22;1-19-15-6-7-16(20-17(15)21-8-2-3-9-21)23-13-4-5-14(18)12(10-13)11-22;1-4-20-16-14(18-3)7-8-15(19-16)22-12-5-6-13-11(9-12)10-21-17(13)2;15-14-13-7-6-12(8-10(13)9-16-14)17-11-4-2-1-3-5-11;15-14-13-8-12(7-6-10(13)9-16-14)17-11-4-2-1-3-5-11;2*1-2-3;/h6-11,14,22H,2-5,12H2;6-10,13,22H,2-5,11H2;4-7,10,22H,2-3,8-9,11H2;5-9H,4,10H2,1-2H3;2*1-8,15H,9H2;2*2-3H2,1H3;1H2. The van der Waals surface area contributed by atoms with E-state index in [0.717, 1.165) is 144 Å². The van der Waals surface area contributed by atoms with Crippen molar-refractivity contribution in [1.29, 1.82) is 0 Å². The second-order valence-electron chi connectivity index (χ2n) is 31.7. The molecule has 9 heterocycles. The Labute approximate surface area is 794 Å². The van der Waals surface area contributed by atoms with Crippen molar-refractivity contribution in [2.75, 3.05) is 37.7 Å². The van der Waals surface area contributed by atoms with Crippen LogP contribution in [0.15, 0.2) is 224 Å². The van der Waals surface area contributed by atoms with E-state index in [0.29, 0.717) is 149 Å². The van der Waals surface area contributed by atoms with Crippen molar-refractivity contribution in [3.8, 4) is 86.9 Å². The van der Waals surface area contributed by atoms with Gasteiger partial charge in [0.1, 0.15) is 71.2 Å². The highest BCUT2D eigenvalue weighted by molar-refractivity contribution is 6.67. The summed E-state index contributed by atoms with van der Waals surface area (Å²) in [5.74, 6) is 9.28. The van der Waals surface area contributed by atoms with E-state index in [4.69, 9.17) is 112 Å². The quantitative estimate of drug-likeness (QED) is 0.0275. The topological polar surface area (TPSA) is 373 Å². The Bertz CT molecular complexity index is 6000. The van der Waals surface area contributed by atoms with Crippen molar-refractivity contribution >= 4 is 105 Å². The van der Waals surface area contributed by atoms with Crippen molar-refractivity contribution in [3.63, 3.8) is 0 Å². The van der Waals surface area contributed by atoms with Gasteiger partial charge < -0.3 is 113 Å². The fraction of sp³-hybridized carbons (Fsp3) is 0.270. The number of para-hydroxylation sites is 2. The number of hydrogen-bond donors (Lipinski definition) is 7. The molecule has 9 aromatic carbocycles. The van der Waals surface area contributed by atoms with Crippen molar-refractivity contribution in [2.24, 2.45) is 11.5 Å². The minimum atomic E-state index is -0.869. The number of aliphatic hydroxyl groups excluding tert-OH is 1. The van der Waals surface area contributed by atoms with Gasteiger partial charge in [-0.15, -0.1) is 0 Å². The lowest BCUT2D eigenvalue weighted by Crippen LogP contribution is -2.27. The Morgan fingerprint density at radius 3 is 1.26 bits per heavy atom. The van der Waals surface area contributed by atoms with Gasteiger partial charge in [0.05, 0.1) is 84.7 Å². The fourth-order valence-electron chi connectivity index (χ4n) is 15.3. The summed E-state index contributed by atoms with van der Waals surface area (Å²) in [7, 11) is 2.42. The number of aromatic nitrogens is 3. The van der Waals surface area contributed by atoms with Crippen LogP contribution < -0.4 is 91.8 Å². The molecule has 0 atom stereocenters. The minimum Gasteiger partial charge on any atom is -0.501 e. The first-order valence-electron chi connectivity index (χ1n) is 44.8. The van der Waals surface area contributed by atoms with Gasteiger partial charge in [-0.1, -0.05) is 98.9 Å². The normalized spacial score (nSPS) is 14.1. The number of ether oxygens (including phenoxy) is 9. The third-order valence-corrected chi connectivity index (χ3v) is 22.0. The van der Waals surface area contributed by atoms with Crippen LogP contribution in [0.1, 0.15) is 118 Å². The predicted molar refractivity (Wildman–Crippen MR) is 525 cm³/mol. The van der Waals surface area contributed by atoms with Crippen molar-refractivity contribution in [3.05, 3.63) is 304 Å². The highest BCUT2D eigenvalue weighted by atomic mass is 16.5. The first-order valence-corrected chi connectivity index (χ1v) is 44.8. The Kier molecular flexibility index (Phi) is 38.0. The van der Waals surface area contributed by atoms with Gasteiger partial charge in [0, 0.05) is 19.2 Å². The van der Waals surface area contributed by atoms with Crippen LogP contribution in [0.3, 0.4) is 0 Å². The van der Waals surface area contributed by atoms with Crippen LogP contribution in [-0.4, -0.2) is 134 Å². The van der Waals surface area contributed by atoms with E-state index in [2.05, 4.69) is 39.2 Å². The van der Waals surface area contributed by atoms with Gasteiger partial charge in [-0.3, -0.25) is 0 Å². The summed E-state index contributed by atoms with van der Waals surface area (Å²) in [5, 5.41) is 47.7. The molecule has 0 amide bonds. The van der Waals surface area contributed by atoms with Crippen LogP contribution in [0.4, 0.5) is 28.6 Å². The van der Waals surface area contributed by atoms with E-state index in [-0.39, 0.29) is 31.2 Å². The molecule has 3 aromatic heterocycles. The van der Waals surface area contributed by atoms with E-state index < -0.39 is 28.5 Å². The molecule has 2 radical (unpaired) electrons. The Morgan fingerprint density at radius 2 is 0.772 bits per heavy atom. The largest absolute Gasteiger partial charge is 0.501 e.